The number of esters is 1. The number of ether oxygens (including phenoxy) is 1. The van der Waals surface area contributed by atoms with E-state index in [2.05, 4.69) is 15.4 Å². The molecule has 1 aromatic rings. The van der Waals surface area contributed by atoms with E-state index in [-0.39, 0.29) is 10.5 Å². The molecule has 29 heavy (non-hydrogen) atoms. The molecule has 0 spiro atoms. The number of carbonyl (C=O) groups is 4. The topological polar surface area (TPSA) is 151 Å². The molecule has 1 aromatic carbocycles. The van der Waals surface area contributed by atoms with E-state index in [1.807, 2.05) is 5.32 Å². The predicted molar refractivity (Wildman–Crippen MR) is 102 cm³/mol. The van der Waals surface area contributed by atoms with Gasteiger partial charge in [0.05, 0.1) is 4.90 Å². The molecular weight excluding hydrogens is 404 g/mol. The third-order valence-corrected chi connectivity index (χ3v) is 5.76. The number of nitrogens with one attached hydrogen (secondary N) is 3. The SMILES string of the molecule is CCN(CC)S(=O)(=O)c1ccc(C(=O)NCC(=O)OCC(=O)NC(=O)NC)cc1. The molecule has 0 aliphatic carbocycles. The maximum atomic E-state index is 12.4. The molecule has 0 aliphatic heterocycles. The van der Waals surface area contributed by atoms with Crippen molar-refractivity contribution in [2.45, 2.75) is 18.7 Å². The summed E-state index contributed by atoms with van der Waals surface area (Å²) in [7, 11) is -2.32. The number of hydrogen-bond donors (Lipinski definition) is 3. The van der Waals surface area contributed by atoms with E-state index >= 15 is 0 Å². The van der Waals surface area contributed by atoms with E-state index in [0.29, 0.717) is 13.1 Å². The van der Waals surface area contributed by atoms with Crippen molar-refractivity contribution < 1.29 is 32.3 Å². The summed E-state index contributed by atoms with van der Waals surface area (Å²) in [5.74, 6) is -2.33. The van der Waals surface area contributed by atoms with Crippen LogP contribution < -0.4 is 16.0 Å². The number of carbonyl (C=O) groups excluding carboxylic acids is 4. The Hall–Kier alpha value is -2.99. The number of rotatable bonds is 9. The molecule has 0 heterocycles. The number of sulfonamides is 1. The van der Waals surface area contributed by atoms with Crippen molar-refractivity contribution in [2.75, 3.05) is 33.3 Å². The third-order valence-electron chi connectivity index (χ3n) is 3.70. The van der Waals surface area contributed by atoms with Gasteiger partial charge in [0.15, 0.2) is 6.61 Å². The molecule has 0 radical (unpaired) electrons. The smallest absolute Gasteiger partial charge is 0.325 e. The van der Waals surface area contributed by atoms with E-state index in [4.69, 9.17) is 0 Å². The van der Waals surface area contributed by atoms with E-state index in [0.717, 1.165) is 0 Å². The Morgan fingerprint density at radius 2 is 1.62 bits per heavy atom. The average Bonchev–Trinajstić information content (AvgIpc) is 2.71. The molecule has 3 N–H and O–H groups in total. The fourth-order valence-electron chi connectivity index (χ4n) is 2.17. The summed E-state index contributed by atoms with van der Waals surface area (Å²) < 4.78 is 30.7. The van der Waals surface area contributed by atoms with Gasteiger partial charge in [-0.1, -0.05) is 13.8 Å². The summed E-state index contributed by atoms with van der Waals surface area (Å²) in [6.45, 7) is 2.91. The first-order valence-corrected chi connectivity index (χ1v) is 10.1. The van der Waals surface area contributed by atoms with Crippen LogP contribution in [-0.2, 0) is 24.3 Å². The lowest BCUT2D eigenvalue weighted by Gasteiger charge is -2.18. The van der Waals surface area contributed by atoms with Crippen molar-refractivity contribution in [3.8, 4) is 0 Å². The van der Waals surface area contributed by atoms with E-state index in [1.54, 1.807) is 13.8 Å². The molecule has 160 valence electrons. The van der Waals surface area contributed by atoms with Gasteiger partial charge >= 0.3 is 12.0 Å². The van der Waals surface area contributed by atoms with Gasteiger partial charge in [-0.3, -0.25) is 19.7 Å². The Morgan fingerprint density at radius 1 is 1.03 bits per heavy atom. The van der Waals surface area contributed by atoms with Crippen molar-refractivity contribution >= 4 is 33.8 Å². The lowest BCUT2D eigenvalue weighted by molar-refractivity contribution is -0.147. The van der Waals surface area contributed by atoms with Gasteiger partial charge in [0.1, 0.15) is 6.54 Å². The maximum absolute atomic E-state index is 12.4. The van der Waals surface area contributed by atoms with Gasteiger partial charge in [-0.2, -0.15) is 4.31 Å². The minimum Gasteiger partial charge on any atom is -0.454 e. The van der Waals surface area contributed by atoms with Gasteiger partial charge in [0, 0.05) is 25.7 Å². The largest absolute Gasteiger partial charge is 0.454 e. The average molecular weight is 428 g/mol. The van der Waals surface area contributed by atoms with Crippen LogP contribution in [0.2, 0.25) is 0 Å². The van der Waals surface area contributed by atoms with Gasteiger partial charge in [-0.15, -0.1) is 0 Å². The van der Waals surface area contributed by atoms with E-state index in [9.17, 15) is 27.6 Å². The second kappa shape index (κ2) is 11.1. The zero-order valence-electron chi connectivity index (χ0n) is 16.4. The van der Waals surface area contributed by atoms with Crippen molar-refractivity contribution in [3.05, 3.63) is 29.8 Å². The Kier molecular flexibility index (Phi) is 9.22. The summed E-state index contributed by atoms with van der Waals surface area (Å²) >= 11 is 0. The highest BCUT2D eigenvalue weighted by Crippen LogP contribution is 2.16. The van der Waals surface area contributed by atoms with Crippen molar-refractivity contribution in [1.82, 2.24) is 20.3 Å². The molecule has 4 amide bonds. The standard InChI is InChI=1S/C17H24N4O7S/c1-4-21(5-2)29(26,27)13-8-6-12(7-9-13)16(24)19-10-15(23)28-11-14(22)20-17(25)18-3/h6-9H,4-5,10-11H2,1-3H3,(H,19,24)(H2,18,20,22,25). The Morgan fingerprint density at radius 3 is 2.14 bits per heavy atom. The van der Waals surface area contributed by atoms with Gasteiger partial charge in [-0.05, 0) is 24.3 Å². The first kappa shape index (κ1) is 24.0. The lowest BCUT2D eigenvalue weighted by Crippen LogP contribution is -2.40. The molecule has 0 unspecified atom stereocenters. The van der Waals surface area contributed by atoms with Gasteiger partial charge in [0.2, 0.25) is 10.0 Å². The monoisotopic (exact) mass is 428 g/mol. The summed E-state index contributed by atoms with van der Waals surface area (Å²) in [4.78, 5) is 45.9. The second-order valence-corrected chi connectivity index (χ2v) is 7.52. The quantitative estimate of drug-likeness (QED) is 0.446. The third kappa shape index (κ3) is 7.16. The Bertz CT molecular complexity index is 849. The van der Waals surface area contributed by atoms with Gasteiger partial charge in [-0.25, -0.2) is 13.2 Å². The second-order valence-electron chi connectivity index (χ2n) is 5.58. The lowest BCUT2D eigenvalue weighted by atomic mass is 10.2. The zero-order chi connectivity index (χ0) is 22.0. The number of imide groups is 1. The molecule has 0 bridgehead atoms. The first-order chi connectivity index (χ1) is 13.6. The van der Waals surface area contributed by atoms with Crippen LogP contribution in [0.4, 0.5) is 4.79 Å². The van der Waals surface area contributed by atoms with Crippen LogP contribution >= 0.6 is 0 Å². The number of hydrogen-bond acceptors (Lipinski definition) is 7. The van der Waals surface area contributed by atoms with Gasteiger partial charge < -0.3 is 15.4 Å². The number of amides is 4. The van der Waals surface area contributed by atoms with Crippen molar-refractivity contribution in [3.63, 3.8) is 0 Å². The number of benzene rings is 1. The fourth-order valence-corrected chi connectivity index (χ4v) is 3.63. The highest BCUT2D eigenvalue weighted by molar-refractivity contribution is 7.89. The first-order valence-electron chi connectivity index (χ1n) is 8.71. The van der Waals surface area contributed by atoms with Crippen LogP contribution in [0.15, 0.2) is 29.2 Å². The zero-order valence-corrected chi connectivity index (χ0v) is 17.2. The molecular formula is C17H24N4O7S. The summed E-state index contributed by atoms with van der Waals surface area (Å²) in [6, 6.07) is 4.53. The molecule has 0 aromatic heterocycles. The van der Waals surface area contributed by atoms with Crippen LogP contribution in [0.1, 0.15) is 24.2 Å². The van der Waals surface area contributed by atoms with Crippen molar-refractivity contribution in [2.24, 2.45) is 0 Å². The molecule has 0 aliphatic rings. The molecule has 12 heteroatoms. The summed E-state index contributed by atoms with van der Waals surface area (Å²) in [5.41, 5.74) is 0.147. The van der Waals surface area contributed by atoms with Crippen LogP contribution in [0, 0.1) is 0 Å². The highest BCUT2D eigenvalue weighted by atomic mass is 32.2. The van der Waals surface area contributed by atoms with Crippen LogP contribution in [0.3, 0.4) is 0 Å². The Labute approximate surface area is 168 Å². The highest BCUT2D eigenvalue weighted by Gasteiger charge is 2.21. The van der Waals surface area contributed by atoms with Crippen molar-refractivity contribution in [1.29, 1.82) is 0 Å². The number of urea groups is 1. The normalized spacial score (nSPS) is 10.9. The molecule has 0 atom stereocenters. The number of nitrogens with zero attached hydrogens (tertiary/aromatic N) is 1. The molecule has 0 saturated heterocycles. The van der Waals surface area contributed by atoms with E-state index < -0.39 is 47.0 Å². The van der Waals surface area contributed by atoms with Crippen LogP contribution in [0.25, 0.3) is 0 Å². The van der Waals surface area contributed by atoms with Gasteiger partial charge in [0.25, 0.3) is 11.8 Å². The summed E-state index contributed by atoms with van der Waals surface area (Å²) in [5, 5.41) is 6.36. The molecule has 0 fully saturated rings. The maximum Gasteiger partial charge on any atom is 0.325 e. The summed E-state index contributed by atoms with van der Waals surface area (Å²) in [6.07, 6.45) is 0. The Balaban J connectivity index is 2.58. The predicted octanol–water partition coefficient (Wildman–Crippen LogP) is -0.554. The minimum atomic E-state index is -3.63. The van der Waals surface area contributed by atoms with Crippen LogP contribution in [-0.4, -0.2) is 69.8 Å². The molecule has 11 nitrogen and oxygen atoms in total. The van der Waals surface area contributed by atoms with E-state index in [1.165, 1.54) is 35.6 Å². The minimum absolute atomic E-state index is 0.0549. The van der Waals surface area contributed by atoms with Crippen LogP contribution in [0.5, 0.6) is 0 Å². The molecule has 0 saturated carbocycles. The molecule has 1 rings (SSSR count). The fraction of sp³-hybridized carbons (Fsp3) is 0.412.